The summed E-state index contributed by atoms with van der Waals surface area (Å²) in [5.41, 5.74) is 0.242. The Hall–Kier alpha value is -1.72. The van der Waals surface area contributed by atoms with Crippen LogP contribution in [0.4, 0.5) is 16.0 Å². The number of hydrogen-bond acceptors (Lipinski definition) is 3. The van der Waals surface area contributed by atoms with Gasteiger partial charge in [-0.25, -0.2) is 9.18 Å². The highest BCUT2D eigenvalue weighted by molar-refractivity contribution is 6.39. The smallest absolute Gasteiger partial charge is 0.371 e. The molecule has 4 nitrogen and oxygen atoms in total. The van der Waals surface area contributed by atoms with Gasteiger partial charge in [0.2, 0.25) is 5.76 Å². The highest BCUT2D eigenvalue weighted by Crippen LogP contribution is 2.34. The van der Waals surface area contributed by atoms with E-state index in [-0.39, 0.29) is 27.4 Å². The molecule has 0 saturated carbocycles. The van der Waals surface area contributed by atoms with Gasteiger partial charge in [0.05, 0.1) is 15.7 Å². The Kier molecular flexibility index (Phi) is 3.45. The Bertz CT molecular complexity index is 589. The second-order valence-electron chi connectivity index (χ2n) is 3.34. The summed E-state index contributed by atoms with van der Waals surface area (Å²) in [6.07, 6.45) is 0. The lowest BCUT2D eigenvalue weighted by Gasteiger charge is -2.07. The van der Waals surface area contributed by atoms with Crippen molar-refractivity contribution >= 4 is 40.7 Å². The van der Waals surface area contributed by atoms with Gasteiger partial charge in [0.25, 0.3) is 0 Å². The van der Waals surface area contributed by atoms with Crippen molar-refractivity contribution in [2.45, 2.75) is 0 Å². The quantitative estimate of drug-likeness (QED) is 0.890. The number of aromatic carboxylic acids is 1. The molecule has 0 saturated heterocycles. The van der Waals surface area contributed by atoms with Gasteiger partial charge >= 0.3 is 5.97 Å². The molecule has 0 aliphatic carbocycles. The van der Waals surface area contributed by atoms with Crippen LogP contribution in [0.25, 0.3) is 0 Å². The van der Waals surface area contributed by atoms with E-state index in [0.29, 0.717) is 0 Å². The zero-order valence-corrected chi connectivity index (χ0v) is 10.2. The van der Waals surface area contributed by atoms with Crippen LogP contribution >= 0.6 is 23.2 Å². The van der Waals surface area contributed by atoms with Crippen LogP contribution in [0.3, 0.4) is 0 Å². The minimum absolute atomic E-state index is 0.0632. The molecule has 2 N–H and O–H groups in total. The maximum atomic E-state index is 13.0. The highest BCUT2D eigenvalue weighted by atomic mass is 35.5. The second-order valence-corrected chi connectivity index (χ2v) is 4.15. The summed E-state index contributed by atoms with van der Waals surface area (Å²) in [6, 6.07) is 4.84. The van der Waals surface area contributed by atoms with E-state index in [9.17, 15) is 9.18 Å². The third-order valence-corrected chi connectivity index (χ3v) is 2.67. The third-order valence-electron chi connectivity index (χ3n) is 2.07. The summed E-state index contributed by atoms with van der Waals surface area (Å²) in [5.74, 6) is -1.85. The predicted octanol–water partition coefficient (Wildman–Crippen LogP) is 4.17. The lowest BCUT2D eigenvalue weighted by molar-refractivity contribution is 0.0663. The van der Waals surface area contributed by atoms with Crippen molar-refractivity contribution in [3.63, 3.8) is 0 Å². The van der Waals surface area contributed by atoms with E-state index in [1.807, 2.05) is 0 Å². The summed E-state index contributed by atoms with van der Waals surface area (Å²) < 4.78 is 17.9. The van der Waals surface area contributed by atoms with Gasteiger partial charge in [0.15, 0.2) is 5.88 Å². The second kappa shape index (κ2) is 4.88. The number of benzene rings is 1. The van der Waals surface area contributed by atoms with Gasteiger partial charge in [0, 0.05) is 6.07 Å². The van der Waals surface area contributed by atoms with Gasteiger partial charge in [-0.1, -0.05) is 23.2 Å². The maximum absolute atomic E-state index is 13.0. The summed E-state index contributed by atoms with van der Waals surface area (Å²) in [6.45, 7) is 0. The van der Waals surface area contributed by atoms with E-state index in [2.05, 4.69) is 5.32 Å². The van der Waals surface area contributed by atoms with E-state index in [0.717, 1.165) is 12.1 Å². The van der Waals surface area contributed by atoms with Crippen LogP contribution in [-0.4, -0.2) is 11.1 Å². The normalized spacial score (nSPS) is 10.4. The van der Waals surface area contributed by atoms with E-state index >= 15 is 0 Å². The largest absolute Gasteiger partial charge is 0.475 e. The first kappa shape index (κ1) is 12.7. The maximum Gasteiger partial charge on any atom is 0.371 e. The number of hydrogen-bond donors (Lipinski definition) is 2. The minimum atomic E-state index is -1.20. The molecule has 0 radical (unpaired) electrons. The summed E-state index contributed by atoms with van der Waals surface area (Å²) in [5, 5.41) is 11.5. The van der Waals surface area contributed by atoms with Crippen molar-refractivity contribution in [3.05, 3.63) is 45.9 Å². The van der Waals surface area contributed by atoms with Crippen molar-refractivity contribution in [1.29, 1.82) is 0 Å². The lowest BCUT2D eigenvalue weighted by atomic mass is 10.3. The molecule has 7 heteroatoms. The molecule has 2 rings (SSSR count). The highest BCUT2D eigenvalue weighted by Gasteiger charge is 2.13. The molecule has 0 amide bonds. The zero-order valence-electron chi connectivity index (χ0n) is 8.71. The first-order valence-corrected chi connectivity index (χ1v) is 5.47. The molecular weight excluding hydrogens is 284 g/mol. The number of rotatable bonds is 3. The number of anilines is 2. The van der Waals surface area contributed by atoms with Crippen LogP contribution in [0.2, 0.25) is 10.0 Å². The van der Waals surface area contributed by atoms with Gasteiger partial charge in [-0.3, -0.25) is 0 Å². The Morgan fingerprint density at radius 2 is 1.89 bits per heavy atom. The minimum Gasteiger partial charge on any atom is -0.475 e. The number of nitrogens with one attached hydrogen (secondary N) is 1. The molecule has 0 aliphatic rings. The van der Waals surface area contributed by atoms with Crippen LogP contribution < -0.4 is 5.32 Å². The zero-order chi connectivity index (χ0) is 13.3. The molecule has 0 bridgehead atoms. The van der Waals surface area contributed by atoms with Gasteiger partial charge in [-0.2, -0.15) is 0 Å². The molecule has 0 unspecified atom stereocenters. The van der Waals surface area contributed by atoms with Crippen LogP contribution in [0.5, 0.6) is 0 Å². The van der Waals surface area contributed by atoms with Crippen molar-refractivity contribution < 1.29 is 18.7 Å². The Morgan fingerprint density at radius 3 is 2.39 bits per heavy atom. The van der Waals surface area contributed by atoms with E-state index in [4.69, 9.17) is 32.7 Å². The predicted molar refractivity (Wildman–Crippen MR) is 65.4 cm³/mol. The van der Waals surface area contributed by atoms with Crippen LogP contribution in [0.15, 0.2) is 28.7 Å². The summed E-state index contributed by atoms with van der Waals surface area (Å²) in [7, 11) is 0. The summed E-state index contributed by atoms with van der Waals surface area (Å²) >= 11 is 11.6. The van der Waals surface area contributed by atoms with E-state index in [1.165, 1.54) is 12.1 Å². The third kappa shape index (κ3) is 2.57. The number of halogens is 3. The first-order valence-electron chi connectivity index (χ1n) is 4.72. The average molecular weight is 290 g/mol. The lowest BCUT2D eigenvalue weighted by Crippen LogP contribution is -1.94. The molecule has 0 spiro atoms. The molecule has 1 aromatic heterocycles. The Balaban J connectivity index is 2.31. The van der Waals surface area contributed by atoms with Crippen molar-refractivity contribution in [3.8, 4) is 0 Å². The number of carbonyl (C=O) groups is 1. The van der Waals surface area contributed by atoms with E-state index < -0.39 is 11.8 Å². The fraction of sp³-hybridized carbons (Fsp3) is 0. The van der Waals surface area contributed by atoms with Crippen LogP contribution in [-0.2, 0) is 0 Å². The van der Waals surface area contributed by atoms with Crippen LogP contribution in [0.1, 0.15) is 10.6 Å². The molecule has 1 heterocycles. The fourth-order valence-electron chi connectivity index (χ4n) is 1.30. The number of carboxylic acids is 1. The van der Waals surface area contributed by atoms with E-state index in [1.54, 1.807) is 0 Å². The summed E-state index contributed by atoms with van der Waals surface area (Å²) in [4.78, 5) is 10.6. The Morgan fingerprint density at radius 1 is 1.28 bits per heavy atom. The topological polar surface area (TPSA) is 62.5 Å². The molecule has 2 aromatic rings. The molecular formula is C11H6Cl2FNO3. The van der Waals surface area contributed by atoms with Gasteiger partial charge in [-0.05, 0) is 18.2 Å². The van der Waals surface area contributed by atoms with Crippen molar-refractivity contribution in [2.75, 3.05) is 5.32 Å². The molecule has 1 aromatic carbocycles. The molecule has 0 aliphatic heterocycles. The Labute approximate surface area is 111 Å². The standard InChI is InChI=1S/C11H6Cl2FNO3/c12-6-3-5(14)4-7(13)10(6)15-9-2-1-8(18-9)11(16)17/h1-4,15H,(H,16,17). The van der Waals surface area contributed by atoms with Crippen LogP contribution in [0, 0.1) is 5.82 Å². The van der Waals surface area contributed by atoms with Gasteiger partial charge < -0.3 is 14.8 Å². The fourth-order valence-corrected chi connectivity index (χ4v) is 1.86. The molecule has 0 atom stereocenters. The number of furan rings is 1. The molecule has 18 heavy (non-hydrogen) atoms. The monoisotopic (exact) mass is 289 g/mol. The van der Waals surface area contributed by atoms with Crippen molar-refractivity contribution in [2.24, 2.45) is 0 Å². The molecule has 0 fully saturated rings. The van der Waals surface area contributed by atoms with Gasteiger partial charge in [0.1, 0.15) is 5.82 Å². The number of carboxylic acid groups (broad SMARTS) is 1. The molecule has 94 valence electrons. The average Bonchev–Trinajstić information content (AvgIpc) is 2.71. The van der Waals surface area contributed by atoms with Gasteiger partial charge in [-0.15, -0.1) is 0 Å². The SMILES string of the molecule is O=C(O)c1ccc(Nc2c(Cl)cc(F)cc2Cl)o1. The first-order chi connectivity index (χ1) is 8.47. The van der Waals surface area contributed by atoms with Crippen molar-refractivity contribution in [1.82, 2.24) is 0 Å².